The van der Waals surface area contributed by atoms with Crippen molar-refractivity contribution in [2.45, 2.75) is 26.8 Å². The Morgan fingerprint density at radius 1 is 1.21 bits per heavy atom. The van der Waals surface area contributed by atoms with E-state index in [-0.39, 0.29) is 22.3 Å². The van der Waals surface area contributed by atoms with E-state index in [9.17, 15) is 14.0 Å². The average Bonchev–Trinajstić information content (AvgIpc) is 2.66. The second kappa shape index (κ2) is 7.90. The fourth-order valence-corrected chi connectivity index (χ4v) is 3.06. The summed E-state index contributed by atoms with van der Waals surface area (Å²) >= 11 is 6.02. The van der Waals surface area contributed by atoms with Gasteiger partial charge in [0.05, 0.1) is 22.2 Å². The maximum atomic E-state index is 13.2. The summed E-state index contributed by atoms with van der Waals surface area (Å²) in [4.78, 5) is 25.3. The lowest BCUT2D eigenvalue weighted by Crippen LogP contribution is -2.30. The predicted molar refractivity (Wildman–Crippen MR) is 107 cm³/mol. The Morgan fingerprint density at radius 3 is 2.54 bits per heavy atom. The topological polar surface area (TPSA) is 76.3 Å². The first kappa shape index (κ1) is 19.7. The molecule has 0 fully saturated rings. The molecular weight excluding hydrogens is 383 g/mol. The van der Waals surface area contributed by atoms with Gasteiger partial charge in [0.25, 0.3) is 11.5 Å². The molecule has 0 unspecified atom stereocenters. The van der Waals surface area contributed by atoms with Crippen LogP contribution in [0.4, 0.5) is 4.39 Å². The van der Waals surface area contributed by atoms with Crippen LogP contribution in [0.5, 0.6) is 0 Å². The number of hydrogen-bond acceptors (Lipinski definition) is 4. The predicted octanol–water partition coefficient (Wildman–Crippen LogP) is 3.92. The van der Waals surface area contributed by atoms with Crippen LogP contribution in [0.15, 0.2) is 52.4 Å². The summed E-state index contributed by atoms with van der Waals surface area (Å²) in [5.74, 6) is -1.03. The van der Waals surface area contributed by atoms with Gasteiger partial charge in [-0.15, -0.1) is 0 Å². The minimum absolute atomic E-state index is 0.0886. The number of benzene rings is 2. The highest BCUT2D eigenvalue weighted by Crippen LogP contribution is 2.18. The van der Waals surface area contributed by atoms with E-state index < -0.39 is 11.7 Å². The van der Waals surface area contributed by atoms with Crippen LogP contribution < -0.4 is 11.0 Å². The molecule has 0 radical (unpaired) electrons. The summed E-state index contributed by atoms with van der Waals surface area (Å²) in [7, 11) is 0. The number of rotatable bonds is 4. The summed E-state index contributed by atoms with van der Waals surface area (Å²) in [5, 5.41) is 9.30. The SMILES string of the molecule is C/C(=N/NC(=O)c1nn(C(C)C)c(=O)c2ccccc12)c1ccc(F)cc1Cl. The van der Waals surface area contributed by atoms with Crippen LogP contribution in [0.2, 0.25) is 5.02 Å². The van der Waals surface area contributed by atoms with Crippen LogP contribution in [0.25, 0.3) is 10.8 Å². The van der Waals surface area contributed by atoms with Crippen molar-refractivity contribution in [1.82, 2.24) is 15.2 Å². The number of aromatic nitrogens is 2. The minimum atomic E-state index is -0.566. The molecule has 0 atom stereocenters. The van der Waals surface area contributed by atoms with Crippen molar-refractivity contribution in [2.75, 3.05) is 0 Å². The summed E-state index contributed by atoms with van der Waals surface area (Å²) in [6.07, 6.45) is 0. The summed E-state index contributed by atoms with van der Waals surface area (Å²) in [5.41, 5.74) is 3.16. The Balaban J connectivity index is 2.00. The molecule has 0 aliphatic rings. The molecule has 0 spiro atoms. The molecule has 28 heavy (non-hydrogen) atoms. The zero-order valence-corrected chi connectivity index (χ0v) is 16.3. The van der Waals surface area contributed by atoms with E-state index >= 15 is 0 Å². The summed E-state index contributed by atoms with van der Waals surface area (Å²) in [6.45, 7) is 5.26. The lowest BCUT2D eigenvalue weighted by atomic mass is 10.1. The van der Waals surface area contributed by atoms with E-state index in [0.717, 1.165) is 0 Å². The molecule has 8 heteroatoms. The smallest absolute Gasteiger partial charge is 0.267 e. The minimum Gasteiger partial charge on any atom is -0.267 e. The van der Waals surface area contributed by atoms with Gasteiger partial charge in [-0.25, -0.2) is 14.5 Å². The van der Waals surface area contributed by atoms with Crippen molar-refractivity contribution in [1.29, 1.82) is 0 Å². The van der Waals surface area contributed by atoms with Gasteiger partial charge in [-0.1, -0.05) is 29.8 Å². The summed E-state index contributed by atoms with van der Waals surface area (Å²) < 4.78 is 14.5. The third-order valence-electron chi connectivity index (χ3n) is 4.18. The Labute approximate surface area is 165 Å². The molecule has 3 aromatic rings. The van der Waals surface area contributed by atoms with Crippen LogP contribution >= 0.6 is 11.6 Å². The van der Waals surface area contributed by atoms with Gasteiger partial charge in [0, 0.05) is 10.9 Å². The van der Waals surface area contributed by atoms with Crippen LogP contribution in [0.3, 0.4) is 0 Å². The van der Waals surface area contributed by atoms with E-state index in [1.165, 1.54) is 22.9 Å². The normalized spacial score (nSPS) is 11.9. The molecule has 0 bridgehead atoms. The van der Waals surface area contributed by atoms with Gasteiger partial charge in [-0.05, 0) is 45.0 Å². The number of amides is 1. The second-order valence-corrected chi connectivity index (χ2v) is 6.91. The third-order valence-corrected chi connectivity index (χ3v) is 4.49. The molecule has 3 rings (SSSR count). The van der Waals surface area contributed by atoms with E-state index in [4.69, 9.17) is 11.6 Å². The summed E-state index contributed by atoms with van der Waals surface area (Å²) in [6, 6.07) is 10.5. The molecule has 0 saturated heterocycles. The van der Waals surface area contributed by atoms with E-state index in [1.807, 2.05) is 13.8 Å². The molecule has 0 aliphatic carbocycles. The molecule has 144 valence electrons. The maximum absolute atomic E-state index is 13.2. The maximum Gasteiger partial charge on any atom is 0.292 e. The highest BCUT2D eigenvalue weighted by atomic mass is 35.5. The van der Waals surface area contributed by atoms with Crippen molar-refractivity contribution in [2.24, 2.45) is 5.10 Å². The number of nitrogens with zero attached hydrogens (tertiary/aromatic N) is 3. The lowest BCUT2D eigenvalue weighted by molar-refractivity contribution is 0.0949. The van der Waals surface area contributed by atoms with Gasteiger partial charge in [0.15, 0.2) is 5.69 Å². The number of carbonyl (C=O) groups is 1. The molecule has 0 saturated carbocycles. The molecule has 1 heterocycles. The monoisotopic (exact) mass is 400 g/mol. The zero-order chi connectivity index (χ0) is 20.4. The molecule has 1 N–H and O–H groups in total. The standard InChI is InChI=1S/C20H18ClFN4O2/c1-11(2)26-20(28)16-7-5-4-6-15(16)18(25-26)19(27)24-23-12(3)14-9-8-13(22)10-17(14)21/h4-11H,1-3H3,(H,24,27)/b23-12-. The van der Waals surface area contributed by atoms with Crippen molar-refractivity contribution >= 4 is 34.0 Å². The average molecular weight is 401 g/mol. The number of hydrazone groups is 1. The van der Waals surface area contributed by atoms with E-state index in [1.54, 1.807) is 31.2 Å². The first-order valence-electron chi connectivity index (χ1n) is 8.61. The quantitative estimate of drug-likeness (QED) is 0.532. The highest BCUT2D eigenvalue weighted by Gasteiger charge is 2.17. The van der Waals surface area contributed by atoms with Gasteiger partial charge < -0.3 is 0 Å². The fraction of sp³-hybridized carbons (Fsp3) is 0.200. The van der Waals surface area contributed by atoms with Crippen molar-refractivity contribution in [3.63, 3.8) is 0 Å². The number of fused-ring (bicyclic) bond motifs is 1. The zero-order valence-electron chi connectivity index (χ0n) is 15.5. The van der Waals surface area contributed by atoms with Gasteiger partial charge in [-0.3, -0.25) is 9.59 Å². The van der Waals surface area contributed by atoms with Crippen molar-refractivity contribution < 1.29 is 9.18 Å². The van der Waals surface area contributed by atoms with Crippen LogP contribution in [0, 0.1) is 5.82 Å². The lowest BCUT2D eigenvalue weighted by Gasteiger charge is -2.12. The first-order valence-corrected chi connectivity index (χ1v) is 8.99. The molecule has 2 aromatic carbocycles. The van der Waals surface area contributed by atoms with Crippen LogP contribution in [-0.2, 0) is 0 Å². The Kier molecular flexibility index (Phi) is 5.56. The van der Waals surface area contributed by atoms with Crippen molar-refractivity contribution in [3.05, 3.63) is 74.9 Å². The van der Waals surface area contributed by atoms with Crippen LogP contribution in [0.1, 0.15) is 42.9 Å². The van der Waals surface area contributed by atoms with E-state index in [0.29, 0.717) is 22.0 Å². The Bertz CT molecular complexity index is 1150. The second-order valence-electron chi connectivity index (χ2n) is 6.50. The number of carbonyl (C=O) groups excluding carboxylic acids is 1. The highest BCUT2D eigenvalue weighted by molar-refractivity contribution is 6.34. The molecule has 1 amide bonds. The number of halogens is 2. The third kappa shape index (κ3) is 3.80. The first-order chi connectivity index (χ1) is 13.3. The van der Waals surface area contributed by atoms with Crippen LogP contribution in [-0.4, -0.2) is 21.4 Å². The Morgan fingerprint density at radius 2 is 1.89 bits per heavy atom. The molecular formula is C20H18ClFN4O2. The molecule has 0 aliphatic heterocycles. The van der Waals surface area contributed by atoms with Gasteiger partial charge in [0.1, 0.15) is 5.82 Å². The molecule has 6 nitrogen and oxygen atoms in total. The number of nitrogens with one attached hydrogen (secondary N) is 1. The fourth-order valence-electron chi connectivity index (χ4n) is 2.75. The molecule has 1 aromatic heterocycles. The van der Waals surface area contributed by atoms with Gasteiger partial charge >= 0.3 is 0 Å². The number of hydrogen-bond donors (Lipinski definition) is 1. The van der Waals surface area contributed by atoms with Crippen molar-refractivity contribution in [3.8, 4) is 0 Å². The van der Waals surface area contributed by atoms with E-state index in [2.05, 4.69) is 15.6 Å². The largest absolute Gasteiger partial charge is 0.292 e. The Hall–Kier alpha value is -3.06. The van der Waals surface area contributed by atoms with Gasteiger partial charge in [0.2, 0.25) is 0 Å². The van der Waals surface area contributed by atoms with Gasteiger partial charge in [-0.2, -0.15) is 10.2 Å².